The van der Waals surface area contributed by atoms with E-state index in [-0.39, 0.29) is 17.4 Å². The largest absolute Gasteiger partial charge is 0.488 e. The van der Waals surface area contributed by atoms with Gasteiger partial charge in [-0.25, -0.2) is 24.1 Å². The first-order valence-corrected chi connectivity index (χ1v) is 14.0. The van der Waals surface area contributed by atoms with E-state index in [1.54, 1.807) is 36.8 Å². The second-order valence-electron chi connectivity index (χ2n) is 10.4. The molecule has 1 aromatic carbocycles. The summed E-state index contributed by atoms with van der Waals surface area (Å²) in [5.41, 5.74) is -0.981. The molecule has 4 aromatic rings. The minimum absolute atomic E-state index is 0.102. The third kappa shape index (κ3) is 7.26. The summed E-state index contributed by atoms with van der Waals surface area (Å²) in [7, 11) is 0. The Morgan fingerprint density at radius 1 is 1.14 bits per heavy atom. The lowest BCUT2D eigenvalue weighted by atomic mass is 10.1. The van der Waals surface area contributed by atoms with Gasteiger partial charge in [0.2, 0.25) is 0 Å². The lowest BCUT2D eigenvalue weighted by Crippen LogP contribution is -2.41. The molecule has 0 spiro atoms. The van der Waals surface area contributed by atoms with E-state index in [1.807, 2.05) is 19.1 Å². The molecule has 0 unspecified atom stereocenters. The summed E-state index contributed by atoms with van der Waals surface area (Å²) in [6, 6.07) is 12.8. The zero-order chi connectivity index (χ0) is 30.4. The van der Waals surface area contributed by atoms with E-state index in [9.17, 15) is 14.3 Å². The van der Waals surface area contributed by atoms with Gasteiger partial charge >= 0.3 is 5.97 Å². The number of piperidine rings is 1. The molecule has 0 bridgehead atoms. The molecule has 1 fully saturated rings. The minimum atomic E-state index is -1.49. The van der Waals surface area contributed by atoms with Gasteiger partial charge in [0.25, 0.3) is 5.88 Å². The minimum Gasteiger partial charge on any atom is -0.488 e. The monoisotopic (exact) mass is 588 g/mol. The normalized spacial score (nSPS) is 15.1. The Kier molecular flexibility index (Phi) is 8.84. The van der Waals surface area contributed by atoms with Crippen molar-refractivity contribution < 1.29 is 28.5 Å². The van der Waals surface area contributed by atoms with Crippen LogP contribution in [0.25, 0.3) is 11.3 Å². The predicted octanol–water partition coefficient (Wildman–Crippen LogP) is 5.50. The zero-order valence-electron chi connectivity index (χ0n) is 24.2. The van der Waals surface area contributed by atoms with E-state index in [1.165, 1.54) is 32.0 Å². The topological polar surface area (TPSA) is 132 Å². The number of aliphatic carboxylic acids is 1. The Hall–Kier alpha value is -5.00. The number of nitrogens with zero attached hydrogens (tertiary/aromatic N) is 5. The van der Waals surface area contributed by atoms with Crippen molar-refractivity contribution in [2.24, 2.45) is 0 Å². The summed E-state index contributed by atoms with van der Waals surface area (Å²) < 4.78 is 32.3. The number of hydrogen-bond donors (Lipinski definition) is 2. The van der Waals surface area contributed by atoms with Crippen molar-refractivity contribution in [1.82, 2.24) is 19.9 Å². The molecule has 4 heterocycles. The van der Waals surface area contributed by atoms with Crippen molar-refractivity contribution in [3.63, 3.8) is 0 Å². The Labute approximate surface area is 248 Å². The fraction of sp³-hybridized carbons (Fsp3) is 0.323. The molecule has 0 amide bonds. The quantitative estimate of drug-likeness (QED) is 0.230. The zero-order valence-corrected chi connectivity index (χ0v) is 24.2. The average Bonchev–Trinajstić information content (AvgIpc) is 2.99. The van der Waals surface area contributed by atoms with Crippen LogP contribution in [-0.2, 0) is 4.79 Å². The maximum absolute atomic E-state index is 14.8. The van der Waals surface area contributed by atoms with E-state index in [2.05, 4.69) is 25.2 Å². The molecule has 1 aliphatic heterocycles. The molecule has 0 radical (unpaired) electrons. The summed E-state index contributed by atoms with van der Waals surface area (Å²) in [5.74, 6) is 1.22. The SMILES string of the molecule is CCOc1cccnc1O[C@@H]1CCCN(c2cncc(Nc3cccc(-c4cc(OC(C)(C)C(=O)O)ccc4F)n3)n2)C1. The molecule has 224 valence electrons. The first-order valence-electron chi connectivity index (χ1n) is 14.0. The van der Waals surface area contributed by atoms with Crippen LogP contribution in [0, 0.1) is 5.82 Å². The Morgan fingerprint density at radius 3 is 2.81 bits per heavy atom. The highest BCUT2D eigenvalue weighted by Crippen LogP contribution is 2.30. The van der Waals surface area contributed by atoms with Gasteiger partial charge in [-0.2, -0.15) is 0 Å². The number of anilines is 3. The number of ether oxygens (including phenoxy) is 3. The van der Waals surface area contributed by atoms with Crippen LogP contribution in [0.15, 0.2) is 67.1 Å². The number of aromatic nitrogens is 4. The van der Waals surface area contributed by atoms with Crippen molar-refractivity contribution in [2.75, 3.05) is 29.9 Å². The molecule has 2 N–H and O–H groups in total. The van der Waals surface area contributed by atoms with Crippen LogP contribution in [0.1, 0.15) is 33.6 Å². The fourth-order valence-electron chi connectivity index (χ4n) is 4.59. The summed E-state index contributed by atoms with van der Waals surface area (Å²) >= 11 is 0. The molecule has 0 aliphatic carbocycles. The van der Waals surface area contributed by atoms with Crippen molar-refractivity contribution in [3.8, 4) is 28.6 Å². The van der Waals surface area contributed by atoms with Crippen LogP contribution >= 0.6 is 0 Å². The molecule has 1 atom stereocenters. The molecular weight excluding hydrogens is 555 g/mol. The second kappa shape index (κ2) is 12.9. The Bertz CT molecular complexity index is 1590. The number of nitrogens with one attached hydrogen (secondary N) is 1. The van der Waals surface area contributed by atoms with Gasteiger partial charge in [0.05, 0.1) is 31.2 Å². The highest BCUT2D eigenvalue weighted by Gasteiger charge is 2.30. The maximum atomic E-state index is 14.8. The molecule has 12 heteroatoms. The first kappa shape index (κ1) is 29.5. The van der Waals surface area contributed by atoms with Gasteiger partial charge in [0, 0.05) is 18.3 Å². The van der Waals surface area contributed by atoms with Gasteiger partial charge in [-0.05, 0) is 76.1 Å². The Balaban J connectivity index is 1.29. The molecule has 43 heavy (non-hydrogen) atoms. The van der Waals surface area contributed by atoms with E-state index in [0.29, 0.717) is 47.9 Å². The molecular formula is C31H33FN6O5. The van der Waals surface area contributed by atoms with E-state index in [0.717, 1.165) is 19.4 Å². The number of carbonyl (C=O) groups is 1. The standard InChI is InChI=1S/C31H33FN6O5/c1-4-41-25-10-6-14-34-29(25)42-21-8-7-15-38(19-21)28-18-33-17-27(37-28)36-26-11-5-9-24(35-26)22-16-20(12-13-23(22)32)43-31(2,3)30(39)40/h5-6,9-14,16-18,21H,4,7-8,15,19H2,1-3H3,(H,39,40)(H,35,36,37)/t21-/m1/s1. The van der Waals surface area contributed by atoms with Crippen molar-refractivity contribution >= 4 is 23.4 Å². The van der Waals surface area contributed by atoms with E-state index < -0.39 is 17.4 Å². The maximum Gasteiger partial charge on any atom is 0.347 e. The summed E-state index contributed by atoms with van der Waals surface area (Å²) in [5, 5.41) is 12.5. The lowest BCUT2D eigenvalue weighted by molar-refractivity contribution is -0.152. The van der Waals surface area contributed by atoms with E-state index >= 15 is 0 Å². The third-order valence-corrected chi connectivity index (χ3v) is 6.75. The van der Waals surface area contributed by atoms with Gasteiger partial charge in [-0.1, -0.05) is 6.07 Å². The van der Waals surface area contributed by atoms with Crippen LogP contribution in [0.4, 0.5) is 21.8 Å². The smallest absolute Gasteiger partial charge is 0.347 e. The molecule has 3 aromatic heterocycles. The van der Waals surface area contributed by atoms with Crippen molar-refractivity contribution in [3.05, 3.63) is 72.9 Å². The van der Waals surface area contributed by atoms with Gasteiger partial charge < -0.3 is 29.5 Å². The van der Waals surface area contributed by atoms with Gasteiger partial charge in [0.1, 0.15) is 29.3 Å². The fourth-order valence-corrected chi connectivity index (χ4v) is 4.59. The summed E-state index contributed by atoms with van der Waals surface area (Å²) in [4.78, 5) is 31.6. The van der Waals surface area contributed by atoms with Crippen molar-refractivity contribution in [1.29, 1.82) is 0 Å². The highest BCUT2D eigenvalue weighted by atomic mass is 19.1. The molecule has 5 rings (SSSR count). The molecule has 1 aliphatic rings. The number of rotatable bonds is 11. The second-order valence-corrected chi connectivity index (χ2v) is 10.4. The number of carboxylic acids is 1. The Morgan fingerprint density at radius 2 is 2.00 bits per heavy atom. The average molecular weight is 589 g/mol. The van der Waals surface area contributed by atoms with Crippen LogP contribution in [-0.4, -0.2) is 62.4 Å². The number of halogens is 1. The van der Waals surface area contributed by atoms with Gasteiger partial charge in [0.15, 0.2) is 17.2 Å². The van der Waals surface area contributed by atoms with Gasteiger partial charge in [-0.15, -0.1) is 0 Å². The van der Waals surface area contributed by atoms with E-state index in [4.69, 9.17) is 19.2 Å². The third-order valence-electron chi connectivity index (χ3n) is 6.75. The predicted molar refractivity (Wildman–Crippen MR) is 159 cm³/mol. The van der Waals surface area contributed by atoms with Crippen molar-refractivity contribution in [2.45, 2.75) is 45.3 Å². The number of pyridine rings is 2. The molecule has 1 saturated heterocycles. The highest BCUT2D eigenvalue weighted by molar-refractivity contribution is 5.77. The van der Waals surface area contributed by atoms with Crippen LogP contribution in [0.2, 0.25) is 0 Å². The summed E-state index contributed by atoms with van der Waals surface area (Å²) in [6.07, 6.45) is 6.64. The van der Waals surface area contributed by atoms with Gasteiger partial charge in [-0.3, -0.25) is 4.98 Å². The molecule has 11 nitrogen and oxygen atoms in total. The van der Waals surface area contributed by atoms with Crippen LogP contribution < -0.4 is 24.4 Å². The molecule has 0 saturated carbocycles. The number of hydrogen-bond acceptors (Lipinski definition) is 10. The number of benzene rings is 1. The lowest BCUT2D eigenvalue weighted by Gasteiger charge is -2.33. The summed E-state index contributed by atoms with van der Waals surface area (Å²) in [6.45, 7) is 6.68. The first-order chi connectivity index (χ1) is 20.7. The van der Waals surface area contributed by atoms with Crippen LogP contribution in [0.5, 0.6) is 17.4 Å². The number of carboxylic acid groups (broad SMARTS) is 1. The van der Waals surface area contributed by atoms with Crippen LogP contribution in [0.3, 0.4) is 0 Å².